The van der Waals surface area contributed by atoms with Crippen LogP contribution in [0.3, 0.4) is 0 Å². The first kappa shape index (κ1) is 22.3. The van der Waals surface area contributed by atoms with Gasteiger partial charge in [-0.1, -0.05) is 11.8 Å². The van der Waals surface area contributed by atoms with Crippen LogP contribution in [-0.4, -0.2) is 45.5 Å². The molecule has 11 heteroatoms. The third-order valence-corrected chi connectivity index (χ3v) is 5.50. The Labute approximate surface area is 181 Å². The molecule has 0 saturated carbocycles. The maximum absolute atomic E-state index is 12.5. The molecular weight excluding hydrogens is 424 g/mol. The summed E-state index contributed by atoms with van der Waals surface area (Å²) in [5, 5.41) is 8.16. The number of aryl methyl sites for hydroxylation is 2. The number of hydrogen-bond donors (Lipinski definition) is 1. The lowest BCUT2D eigenvalue weighted by Gasteiger charge is -2.08. The molecule has 3 aromatic rings. The maximum Gasteiger partial charge on any atom is 0.328 e. The highest BCUT2D eigenvalue weighted by Gasteiger charge is 2.15. The summed E-state index contributed by atoms with van der Waals surface area (Å²) in [6, 6.07) is 4.95. The summed E-state index contributed by atoms with van der Waals surface area (Å²) in [4.78, 5) is 39.0. The van der Waals surface area contributed by atoms with Crippen molar-refractivity contribution in [3.63, 3.8) is 0 Å². The Balaban J connectivity index is 1.61. The molecule has 2 aromatic heterocycles. The fourth-order valence-electron chi connectivity index (χ4n) is 2.92. The van der Waals surface area contributed by atoms with Crippen molar-refractivity contribution in [3.8, 4) is 11.5 Å². The lowest BCUT2D eigenvalue weighted by molar-refractivity contribution is 0.102. The van der Waals surface area contributed by atoms with E-state index in [1.165, 1.54) is 21.3 Å². The second-order valence-corrected chi connectivity index (χ2v) is 7.57. The van der Waals surface area contributed by atoms with Gasteiger partial charge in [-0.25, -0.2) is 4.79 Å². The molecule has 0 spiro atoms. The molecular formula is C20H22N4O6S. The molecule has 1 aromatic carbocycles. The number of carbonyl (C=O) groups is 1. The number of H-pyrrole nitrogens is 1. The summed E-state index contributed by atoms with van der Waals surface area (Å²) < 4.78 is 17.0. The number of aromatic nitrogens is 4. The molecule has 0 aliphatic rings. The second kappa shape index (κ2) is 9.65. The van der Waals surface area contributed by atoms with Crippen LogP contribution >= 0.6 is 11.8 Å². The van der Waals surface area contributed by atoms with Crippen molar-refractivity contribution in [2.24, 2.45) is 7.05 Å². The zero-order chi connectivity index (χ0) is 22.5. The van der Waals surface area contributed by atoms with Gasteiger partial charge in [0.2, 0.25) is 5.89 Å². The summed E-state index contributed by atoms with van der Waals surface area (Å²) in [7, 11) is 4.45. The number of aromatic amines is 1. The number of ketones is 1. The van der Waals surface area contributed by atoms with Crippen molar-refractivity contribution in [1.82, 2.24) is 19.7 Å². The van der Waals surface area contributed by atoms with E-state index >= 15 is 0 Å². The Morgan fingerprint density at radius 3 is 2.61 bits per heavy atom. The van der Waals surface area contributed by atoms with Gasteiger partial charge in [-0.05, 0) is 31.5 Å². The van der Waals surface area contributed by atoms with Gasteiger partial charge in [0, 0.05) is 30.3 Å². The van der Waals surface area contributed by atoms with E-state index < -0.39 is 5.69 Å². The molecule has 31 heavy (non-hydrogen) atoms. The molecule has 10 nitrogen and oxygen atoms in total. The van der Waals surface area contributed by atoms with Crippen LogP contribution in [0.4, 0.5) is 0 Å². The Bertz CT molecular complexity index is 1210. The number of benzene rings is 1. The predicted molar refractivity (Wildman–Crippen MR) is 113 cm³/mol. The van der Waals surface area contributed by atoms with E-state index in [4.69, 9.17) is 13.9 Å². The molecule has 0 atom stereocenters. The quantitative estimate of drug-likeness (QED) is 0.384. The summed E-state index contributed by atoms with van der Waals surface area (Å²) in [6.45, 7) is 1.67. The number of ether oxygens (including phenoxy) is 2. The van der Waals surface area contributed by atoms with Crippen molar-refractivity contribution in [1.29, 1.82) is 0 Å². The van der Waals surface area contributed by atoms with Gasteiger partial charge in [-0.2, -0.15) is 0 Å². The fraction of sp³-hybridized carbons (Fsp3) is 0.350. The van der Waals surface area contributed by atoms with Crippen LogP contribution in [-0.2, 0) is 19.9 Å². The molecule has 2 heterocycles. The van der Waals surface area contributed by atoms with Crippen LogP contribution in [0.15, 0.2) is 37.4 Å². The van der Waals surface area contributed by atoms with Crippen molar-refractivity contribution < 1.29 is 18.7 Å². The largest absolute Gasteiger partial charge is 0.493 e. The van der Waals surface area contributed by atoms with E-state index in [-0.39, 0.29) is 22.3 Å². The molecule has 0 fully saturated rings. The average molecular weight is 446 g/mol. The SMILES string of the molecule is COc1ccc(C(=O)CSc2nnc(CCc3c(C)[nH]c(=O)n(C)c3=O)o2)cc1OC. The average Bonchev–Trinajstić information content (AvgIpc) is 3.23. The number of methoxy groups -OCH3 is 2. The number of rotatable bonds is 9. The van der Waals surface area contributed by atoms with Crippen LogP contribution in [0.2, 0.25) is 0 Å². The molecule has 0 amide bonds. The van der Waals surface area contributed by atoms with Gasteiger partial charge < -0.3 is 18.9 Å². The van der Waals surface area contributed by atoms with Crippen molar-refractivity contribution in [2.45, 2.75) is 25.0 Å². The Morgan fingerprint density at radius 1 is 1.16 bits per heavy atom. The number of thioether (sulfide) groups is 1. The van der Waals surface area contributed by atoms with E-state index in [9.17, 15) is 14.4 Å². The van der Waals surface area contributed by atoms with E-state index in [1.807, 2.05) is 0 Å². The molecule has 0 aliphatic carbocycles. The van der Waals surface area contributed by atoms with Gasteiger partial charge in [0.05, 0.1) is 20.0 Å². The number of nitrogens with zero attached hydrogens (tertiary/aromatic N) is 3. The van der Waals surface area contributed by atoms with Gasteiger partial charge in [0.15, 0.2) is 17.3 Å². The smallest absolute Gasteiger partial charge is 0.328 e. The zero-order valence-corrected chi connectivity index (χ0v) is 18.4. The zero-order valence-electron chi connectivity index (χ0n) is 17.6. The van der Waals surface area contributed by atoms with E-state index in [2.05, 4.69) is 15.2 Å². The summed E-state index contributed by atoms with van der Waals surface area (Å²) >= 11 is 1.12. The number of hydrogen-bond acceptors (Lipinski definition) is 9. The molecule has 0 aliphatic heterocycles. The van der Waals surface area contributed by atoms with E-state index in [1.54, 1.807) is 25.1 Å². The summed E-state index contributed by atoms with van der Waals surface area (Å²) in [5.74, 6) is 1.34. The van der Waals surface area contributed by atoms with Gasteiger partial charge >= 0.3 is 5.69 Å². The molecule has 0 radical (unpaired) electrons. The lowest BCUT2D eigenvalue weighted by Crippen LogP contribution is -2.36. The number of nitrogens with one attached hydrogen (secondary N) is 1. The highest BCUT2D eigenvalue weighted by atomic mass is 32.2. The van der Waals surface area contributed by atoms with Crippen LogP contribution in [0.25, 0.3) is 0 Å². The molecule has 1 N–H and O–H groups in total. The highest BCUT2D eigenvalue weighted by molar-refractivity contribution is 7.99. The van der Waals surface area contributed by atoms with Crippen molar-refractivity contribution in [2.75, 3.05) is 20.0 Å². The first-order valence-corrected chi connectivity index (χ1v) is 10.3. The standard InChI is InChI=1S/C20H22N4O6S/c1-11-13(18(26)24(2)19(27)21-11)6-8-17-22-23-20(30-17)31-10-14(25)12-5-7-15(28-3)16(9-12)29-4/h5,7,9H,6,8,10H2,1-4H3,(H,21,27). The minimum Gasteiger partial charge on any atom is -0.493 e. The van der Waals surface area contributed by atoms with Gasteiger partial charge in [-0.15, -0.1) is 10.2 Å². The highest BCUT2D eigenvalue weighted by Crippen LogP contribution is 2.28. The van der Waals surface area contributed by atoms with Crippen molar-refractivity contribution >= 4 is 17.5 Å². The molecule has 0 unspecified atom stereocenters. The topological polar surface area (TPSA) is 129 Å². The minimum atomic E-state index is -0.457. The Kier molecular flexibility index (Phi) is 6.95. The van der Waals surface area contributed by atoms with Crippen molar-refractivity contribution in [3.05, 3.63) is 61.7 Å². The predicted octanol–water partition coefficient (Wildman–Crippen LogP) is 1.54. The Hall–Kier alpha value is -3.34. The lowest BCUT2D eigenvalue weighted by atomic mass is 10.1. The van der Waals surface area contributed by atoms with Gasteiger partial charge in [0.1, 0.15) is 0 Å². The first-order valence-electron chi connectivity index (χ1n) is 9.33. The normalized spacial score (nSPS) is 10.8. The second-order valence-electron chi connectivity index (χ2n) is 6.64. The third kappa shape index (κ3) is 5.05. The third-order valence-electron chi connectivity index (χ3n) is 4.68. The summed E-state index contributed by atoms with van der Waals surface area (Å²) in [6.07, 6.45) is 0.672. The fourth-order valence-corrected chi connectivity index (χ4v) is 3.59. The van der Waals surface area contributed by atoms with Gasteiger partial charge in [-0.3, -0.25) is 14.2 Å². The maximum atomic E-state index is 12.5. The number of Topliss-reactive ketones (excluding diaryl/α,β-unsaturated/α-hetero) is 1. The van der Waals surface area contributed by atoms with E-state index in [0.717, 1.165) is 16.3 Å². The van der Waals surface area contributed by atoms with Crippen LogP contribution in [0, 0.1) is 6.92 Å². The van der Waals surface area contributed by atoms with Gasteiger partial charge in [0.25, 0.3) is 10.8 Å². The number of carbonyl (C=O) groups excluding carboxylic acids is 1. The Morgan fingerprint density at radius 2 is 1.90 bits per heavy atom. The molecule has 3 rings (SSSR count). The molecule has 0 bridgehead atoms. The van der Waals surface area contributed by atoms with Crippen LogP contribution < -0.4 is 20.7 Å². The molecule has 164 valence electrons. The first-order chi connectivity index (χ1) is 14.8. The van der Waals surface area contributed by atoms with Crippen LogP contribution in [0.1, 0.15) is 27.5 Å². The monoisotopic (exact) mass is 446 g/mol. The van der Waals surface area contributed by atoms with Crippen LogP contribution in [0.5, 0.6) is 11.5 Å². The summed E-state index contributed by atoms with van der Waals surface area (Å²) in [5.41, 5.74) is 0.674. The minimum absolute atomic E-state index is 0.108. The van der Waals surface area contributed by atoms with E-state index in [0.29, 0.717) is 47.1 Å². The molecule has 0 saturated heterocycles.